The van der Waals surface area contributed by atoms with E-state index in [0.717, 1.165) is 72.4 Å². The van der Waals surface area contributed by atoms with Crippen molar-refractivity contribution in [2.45, 2.75) is 106 Å². The topological polar surface area (TPSA) is 153 Å². The van der Waals surface area contributed by atoms with Gasteiger partial charge in [0.2, 0.25) is 0 Å². The minimum absolute atomic E-state index is 0.0144. The standard InChI is InChI=1S/C36H42ClN3O7/c37-27-9-6-22(35(12-13-35)11-3-16-39-33(44)32-30(42)29(41)31(43)34(45)47-32)18-21(27)19-40-36(14-15-36)26-20-38-17-10-24(26)25-4-1-2-5-28(25)46-23-7-8-23/h1-2,4-6,9-10,17-18,20,23,29-32,34,40-43,45H,3,7-8,11-16,19H2,(H,39,44). The second-order valence-electron chi connectivity index (χ2n) is 13.6. The summed E-state index contributed by atoms with van der Waals surface area (Å²) in [6, 6.07) is 16.6. The average molecular weight is 664 g/mol. The van der Waals surface area contributed by atoms with Crippen molar-refractivity contribution in [2.75, 3.05) is 6.54 Å². The molecule has 4 aliphatic rings. The zero-order valence-electron chi connectivity index (χ0n) is 26.1. The van der Waals surface area contributed by atoms with Crippen LogP contribution >= 0.6 is 11.6 Å². The number of aliphatic hydroxyl groups is 4. The van der Waals surface area contributed by atoms with E-state index in [1.54, 1.807) is 0 Å². The average Bonchev–Trinajstić information content (AvgIpc) is 3.95. The van der Waals surface area contributed by atoms with Crippen LogP contribution in [0.25, 0.3) is 11.1 Å². The number of nitrogens with one attached hydrogen (secondary N) is 2. The van der Waals surface area contributed by atoms with Crippen LogP contribution in [-0.4, -0.2) is 74.7 Å². The number of hydrogen-bond acceptors (Lipinski definition) is 9. The van der Waals surface area contributed by atoms with Gasteiger partial charge in [-0.15, -0.1) is 0 Å². The van der Waals surface area contributed by atoms with Crippen LogP contribution in [0.15, 0.2) is 60.9 Å². The fourth-order valence-electron chi connectivity index (χ4n) is 6.79. The zero-order chi connectivity index (χ0) is 32.8. The van der Waals surface area contributed by atoms with Gasteiger partial charge < -0.3 is 40.5 Å². The smallest absolute Gasteiger partial charge is 0.252 e. The highest BCUT2D eigenvalue weighted by Crippen LogP contribution is 2.53. The molecule has 2 aromatic carbocycles. The molecular formula is C36H42ClN3O7. The van der Waals surface area contributed by atoms with E-state index in [1.165, 1.54) is 11.1 Å². The Labute approximate surface area is 279 Å². The van der Waals surface area contributed by atoms with Gasteiger partial charge in [-0.2, -0.15) is 0 Å². The van der Waals surface area contributed by atoms with E-state index in [2.05, 4.69) is 52.0 Å². The number of pyridine rings is 1. The second-order valence-corrected chi connectivity index (χ2v) is 14.0. The van der Waals surface area contributed by atoms with Crippen LogP contribution in [0, 0.1) is 0 Å². The highest BCUT2D eigenvalue weighted by atomic mass is 35.5. The van der Waals surface area contributed by atoms with E-state index in [0.29, 0.717) is 25.6 Å². The zero-order valence-corrected chi connectivity index (χ0v) is 26.9. The molecule has 1 aliphatic heterocycles. The van der Waals surface area contributed by atoms with Gasteiger partial charge in [-0.3, -0.25) is 9.78 Å². The van der Waals surface area contributed by atoms with Crippen LogP contribution in [0.5, 0.6) is 5.75 Å². The highest BCUT2D eigenvalue weighted by molar-refractivity contribution is 6.31. The van der Waals surface area contributed by atoms with Gasteiger partial charge >= 0.3 is 0 Å². The second kappa shape index (κ2) is 13.1. The minimum atomic E-state index is -1.75. The summed E-state index contributed by atoms with van der Waals surface area (Å²) in [5, 5.41) is 46.7. The van der Waals surface area contributed by atoms with E-state index < -0.39 is 36.6 Å². The molecule has 1 saturated heterocycles. The van der Waals surface area contributed by atoms with Crippen molar-refractivity contribution in [3.63, 3.8) is 0 Å². The summed E-state index contributed by atoms with van der Waals surface area (Å²) >= 11 is 6.74. The van der Waals surface area contributed by atoms with Crippen LogP contribution < -0.4 is 15.4 Å². The first-order valence-corrected chi connectivity index (χ1v) is 17.0. The highest BCUT2D eigenvalue weighted by Gasteiger charge is 2.48. The summed E-state index contributed by atoms with van der Waals surface area (Å²) < 4.78 is 11.3. The summed E-state index contributed by atoms with van der Waals surface area (Å²) in [4.78, 5) is 17.1. The predicted octanol–water partition coefficient (Wildman–Crippen LogP) is 3.45. The van der Waals surface area contributed by atoms with Crippen LogP contribution in [0.3, 0.4) is 0 Å². The number of halogens is 1. The number of amides is 1. The number of nitrogens with zero attached hydrogens (tertiary/aromatic N) is 1. The molecule has 3 aromatic rings. The Bertz CT molecular complexity index is 1610. The fraction of sp³-hybridized carbons (Fsp3) is 0.500. The third-order valence-corrected chi connectivity index (χ3v) is 10.6. The molecule has 3 aliphatic carbocycles. The van der Waals surface area contributed by atoms with Gasteiger partial charge in [-0.25, -0.2) is 0 Å². The molecule has 0 radical (unpaired) electrons. The van der Waals surface area contributed by atoms with Gasteiger partial charge in [-0.1, -0.05) is 41.9 Å². The summed E-state index contributed by atoms with van der Waals surface area (Å²) in [6.45, 7) is 0.957. The monoisotopic (exact) mass is 663 g/mol. The number of carbonyl (C=O) groups is 1. The lowest BCUT2D eigenvalue weighted by molar-refractivity contribution is -0.275. The summed E-state index contributed by atoms with van der Waals surface area (Å²) in [5.41, 5.74) is 5.50. The van der Waals surface area contributed by atoms with Crippen LogP contribution in [0.2, 0.25) is 5.02 Å². The molecule has 7 rings (SSSR count). The van der Waals surface area contributed by atoms with Crippen molar-refractivity contribution in [3.8, 4) is 16.9 Å². The van der Waals surface area contributed by atoms with Gasteiger partial charge in [0, 0.05) is 41.6 Å². The molecule has 1 aromatic heterocycles. The summed E-state index contributed by atoms with van der Waals surface area (Å²) in [6.07, 6.45) is 3.77. The molecule has 11 heteroatoms. The number of benzene rings is 2. The van der Waals surface area contributed by atoms with E-state index in [-0.39, 0.29) is 11.0 Å². The molecule has 250 valence electrons. The van der Waals surface area contributed by atoms with Crippen molar-refractivity contribution >= 4 is 17.5 Å². The number of ether oxygens (including phenoxy) is 2. The van der Waals surface area contributed by atoms with Gasteiger partial charge in [0.05, 0.1) is 6.10 Å². The number of aliphatic hydroxyl groups excluding tert-OH is 4. The third-order valence-electron chi connectivity index (χ3n) is 10.2. The van der Waals surface area contributed by atoms with Crippen molar-refractivity contribution in [3.05, 3.63) is 82.6 Å². The molecule has 2 heterocycles. The number of carbonyl (C=O) groups excluding carboxylic acids is 1. The van der Waals surface area contributed by atoms with E-state index in [1.807, 2.05) is 24.5 Å². The molecule has 5 atom stereocenters. The van der Waals surface area contributed by atoms with Crippen molar-refractivity contribution in [1.82, 2.24) is 15.6 Å². The molecule has 6 N–H and O–H groups in total. The maximum absolute atomic E-state index is 12.6. The quantitative estimate of drug-likeness (QED) is 0.151. The van der Waals surface area contributed by atoms with Gasteiger partial charge in [0.1, 0.15) is 24.1 Å². The number of aromatic nitrogens is 1. The molecule has 47 heavy (non-hydrogen) atoms. The van der Waals surface area contributed by atoms with Gasteiger partial charge in [-0.05, 0) is 97.2 Å². The first-order chi connectivity index (χ1) is 22.7. The number of rotatable bonds is 13. The molecule has 3 saturated carbocycles. The van der Waals surface area contributed by atoms with Crippen molar-refractivity contribution < 1.29 is 34.7 Å². The molecule has 0 bridgehead atoms. The Balaban J connectivity index is 0.984. The molecule has 5 unspecified atom stereocenters. The molecule has 1 amide bonds. The molecule has 10 nitrogen and oxygen atoms in total. The van der Waals surface area contributed by atoms with Crippen LogP contribution in [0.4, 0.5) is 0 Å². The Hall–Kier alpha value is -3.09. The largest absolute Gasteiger partial charge is 0.490 e. The van der Waals surface area contributed by atoms with E-state index >= 15 is 0 Å². The van der Waals surface area contributed by atoms with Gasteiger partial charge in [0.15, 0.2) is 12.4 Å². The van der Waals surface area contributed by atoms with Crippen LogP contribution in [0.1, 0.15) is 68.1 Å². The number of para-hydroxylation sites is 1. The maximum Gasteiger partial charge on any atom is 0.252 e. The van der Waals surface area contributed by atoms with E-state index in [4.69, 9.17) is 21.1 Å². The lowest BCUT2D eigenvalue weighted by atomic mass is 9.89. The summed E-state index contributed by atoms with van der Waals surface area (Å²) in [5.74, 6) is 0.276. The number of hydrogen-bond donors (Lipinski definition) is 6. The Morgan fingerprint density at radius 2 is 1.77 bits per heavy atom. The van der Waals surface area contributed by atoms with Crippen LogP contribution in [-0.2, 0) is 27.0 Å². The molecule has 0 spiro atoms. The predicted molar refractivity (Wildman–Crippen MR) is 175 cm³/mol. The molecule has 4 fully saturated rings. The lowest BCUT2D eigenvalue weighted by Crippen LogP contribution is -2.61. The minimum Gasteiger partial charge on any atom is -0.490 e. The maximum atomic E-state index is 12.6. The third kappa shape index (κ3) is 6.78. The Kier molecular flexibility index (Phi) is 9.03. The van der Waals surface area contributed by atoms with Gasteiger partial charge in [0.25, 0.3) is 5.91 Å². The summed E-state index contributed by atoms with van der Waals surface area (Å²) in [7, 11) is 0. The normalized spacial score (nSPS) is 27.2. The van der Waals surface area contributed by atoms with Crippen molar-refractivity contribution in [2.24, 2.45) is 0 Å². The fourth-order valence-corrected chi connectivity index (χ4v) is 6.97. The van der Waals surface area contributed by atoms with E-state index in [9.17, 15) is 25.2 Å². The van der Waals surface area contributed by atoms with Crippen molar-refractivity contribution in [1.29, 1.82) is 0 Å². The SMILES string of the molecule is O=C(NCCCC1(c2ccc(Cl)c(CNC3(c4cnccc4-c4ccccc4OC4CC4)CC3)c2)CC1)C1OC(O)C(O)C(O)C1O. The first-order valence-electron chi connectivity index (χ1n) is 16.6. The Morgan fingerprint density at radius 1 is 0.979 bits per heavy atom. The molecular weight excluding hydrogens is 622 g/mol. The first kappa shape index (κ1) is 32.5. The Morgan fingerprint density at radius 3 is 2.51 bits per heavy atom. The lowest BCUT2D eigenvalue weighted by Gasteiger charge is -2.37.